The number of rotatable bonds is 8. The van der Waals surface area contributed by atoms with Crippen LogP contribution in [0.5, 0.6) is 0 Å². The molecule has 0 saturated heterocycles. The number of ketones is 1. The van der Waals surface area contributed by atoms with Gasteiger partial charge in [0.15, 0.2) is 5.78 Å². The number of carbonyl (C=O) groups is 2. The largest absolute Gasteiger partial charge is 0.311 e. The van der Waals surface area contributed by atoms with Crippen molar-refractivity contribution in [3.63, 3.8) is 0 Å². The fourth-order valence-electron chi connectivity index (χ4n) is 2.69. The molecule has 0 heterocycles. The molecule has 1 amide bonds. The van der Waals surface area contributed by atoms with Gasteiger partial charge in [-0.2, -0.15) is 0 Å². The average molecular weight is 457 g/mol. The highest BCUT2D eigenvalue weighted by Crippen LogP contribution is 2.29. The fourth-order valence-corrected chi connectivity index (χ4v) is 3.38. The van der Waals surface area contributed by atoms with Gasteiger partial charge in [-0.25, -0.2) is 0 Å². The number of hydrogen-bond donors (Lipinski definition) is 0. The van der Waals surface area contributed by atoms with Crippen LogP contribution in [0, 0.1) is 0 Å². The van der Waals surface area contributed by atoms with Crippen LogP contribution in [0.15, 0.2) is 42.5 Å². The summed E-state index contributed by atoms with van der Waals surface area (Å²) < 4.78 is 0. The summed E-state index contributed by atoms with van der Waals surface area (Å²) in [5.41, 5.74) is 1.31. The Bertz CT molecular complexity index is 795. The van der Waals surface area contributed by atoms with Crippen molar-refractivity contribution < 1.29 is 9.59 Å². The molecule has 0 fully saturated rings. The molecular formula is C20H20BrCl2NO2. The van der Waals surface area contributed by atoms with Crippen LogP contribution in [0.25, 0.3) is 0 Å². The first-order chi connectivity index (χ1) is 12.5. The van der Waals surface area contributed by atoms with Crippen molar-refractivity contribution in [1.82, 2.24) is 0 Å². The van der Waals surface area contributed by atoms with E-state index in [1.165, 1.54) is 0 Å². The Labute approximate surface area is 172 Å². The molecule has 138 valence electrons. The predicted molar refractivity (Wildman–Crippen MR) is 112 cm³/mol. The molecule has 6 heteroatoms. The van der Waals surface area contributed by atoms with Crippen molar-refractivity contribution in [2.75, 3.05) is 16.8 Å². The van der Waals surface area contributed by atoms with Crippen molar-refractivity contribution in [1.29, 1.82) is 0 Å². The van der Waals surface area contributed by atoms with E-state index in [1.54, 1.807) is 47.4 Å². The minimum absolute atomic E-state index is 0.100. The molecule has 0 N–H and O–H groups in total. The van der Waals surface area contributed by atoms with Gasteiger partial charge in [0, 0.05) is 22.7 Å². The Hall–Kier alpha value is -1.36. The van der Waals surface area contributed by atoms with E-state index in [0.29, 0.717) is 33.4 Å². The molecule has 0 saturated carbocycles. The highest BCUT2D eigenvalue weighted by atomic mass is 79.9. The highest BCUT2D eigenvalue weighted by molar-refractivity contribution is 9.09. The lowest BCUT2D eigenvalue weighted by Crippen LogP contribution is -2.34. The molecule has 0 aliphatic carbocycles. The van der Waals surface area contributed by atoms with Crippen molar-refractivity contribution >= 4 is 56.5 Å². The normalized spacial score (nSPS) is 10.6. The number of hydrogen-bond acceptors (Lipinski definition) is 2. The molecule has 0 spiro atoms. The number of halogens is 3. The zero-order valence-electron chi connectivity index (χ0n) is 14.5. The van der Waals surface area contributed by atoms with E-state index in [4.69, 9.17) is 23.2 Å². The molecule has 2 rings (SSSR count). The Morgan fingerprint density at radius 1 is 1.04 bits per heavy atom. The van der Waals surface area contributed by atoms with E-state index in [2.05, 4.69) is 22.9 Å². The van der Waals surface area contributed by atoms with Gasteiger partial charge in [0.25, 0.3) is 0 Å². The number of anilines is 1. The number of unbranched alkanes of at least 4 members (excludes halogenated alkanes) is 2. The summed E-state index contributed by atoms with van der Waals surface area (Å²) in [6, 6.07) is 11.9. The Kier molecular flexibility index (Phi) is 8.14. The maximum Gasteiger partial charge on any atom is 0.237 e. The number of nitrogens with zero attached hydrogens (tertiary/aromatic N) is 1. The number of benzene rings is 2. The third-order valence-corrected chi connectivity index (χ3v) is 5.06. The van der Waals surface area contributed by atoms with Crippen LogP contribution in [-0.2, 0) is 4.79 Å². The van der Waals surface area contributed by atoms with Gasteiger partial charge in [0.05, 0.1) is 16.0 Å². The molecule has 0 unspecified atom stereocenters. The van der Waals surface area contributed by atoms with E-state index in [9.17, 15) is 9.59 Å². The quantitative estimate of drug-likeness (QED) is 0.271. The second kappa shape index (κ2) is 10.1. The summed E-state index contributed by atoms with van der Waals surface area (Å²) in [4.78, 5) is 27.2. The molecule has 0 atom stereocenters. The first-order valence-corrected chi connectivity index (χ1v) is 10.3. The molecule has 0 aliphatic rings. The third kappa shape index (κ3) is 5.09. The lowest BCUT2D eigenvalue weighted by molar-refractivity contribution is -0.116. The number of alkyl halides is 1. The van der Waals surface area contributed by atoms with Gasteiger partial charge >= 0.3 is 0 Å². The van der Waals surface area contributed by atoms with E-state index < -0.39 is 0 Å². The first-order valence-electron chi connectivity index (χ1n) is 8.44. The maximum absolute atomic E-state index is 13.1. The predicted octanol–water partition coefficient (Wildman–Crippen LogP) is 6.14. The summed E-state index contributed by atoms with van der Waals surface area (Å²) in [5.74, 6) is -0.354. The van der Waals surface area contributed by atoms with Gasteiger partial charge < -0.3 is 4.90 Å². The van der Waals surface area contributed by atoms with Crippen LogP contribution >= 0.6 is 39.1 Å². The Morgan fingerprint density at radius 3 is 2.42 bits per heavy atom. The minimum atomic E-state index is -0.254. The second-order valence-corrected chi connectivity index (χ2v) is 7.26. The average Bonchev–Trinajstić information content (AvgIpc) is 2.65. The highest BCUT2D eigenvalue weighted by Gasteiger charge is 2.23. The molecule has 0 bridgehead atoms. The lowest BCUT2D eigenvalue weighted by Gasteiger charge is -2.24. The fraction of sp³-hybridized carbons (Fsp3) is 0.300. The van der Waals surface area contributed by atoms with Crippen LogP contribution in [0.3, 0.4) is 0 Å². The molecule has 0 aliphatic heterocycles. The van der Waals surface area contributed by atoms with Gasteiger partial charge in [-0.05, 0) is 36.8 Å². The zero-order chi connectivity index (χ0) is 19.1. The van der Waals surface area contributed by atoms with Crippen LogP contribution in [0.1, 0.15) is 42.1 Å². The number of amides is 1. The summed E-state index contributed by atoms with van der Waals surface area (Å²) in [6.07, 6.45) is 2.91. The van der Waals surface area contributed by atoms with Gasteiger partial charge in [-0.1, -0.05) is 71.0 Å². The van der Waals surface area contributed by atoms with Crippen molar-refractivity contribution in [3.05, 3.63) is 63.6 Å². The SMILES string of the molecule is CCCCCN(C(=O)CBr)c1ccc(Cl)cc1C(=O)c1ccccc1Cl. The molecule has 2 aromatic rings. The van der Waals surface area contributed by atoms with Crippen LogP contribution in [-0.4, -0.2) is 23.6 Å². The zero-order valence-corrected chi connectivity index (χ0v) is 17.6. The van der Waals surface area contributed by atoms with E-state index in [-0.39, 0.29) is 17.0 Å². The topological polar surface area (TPSA) is 37.4 Å². The van der Waals surface area contributed by atoms with Crippen molar-refractivity contribution in [2.45, 2.75) is 26.2 Å². The summed E-state index contributed by atoms with van der Waals surface area (Å²) >= 11 is 15.6. The van der Waals surface area contributed by atoms with Crippen LogP contribution < -0.4 is 4.90 Å². The van der Waals surface area contributed by atoms with Crippen LogP contribution in [0.2, 0.25) is 10.0 Å². The molecule has 3 nitrogen and oxygen atoms in total. The van der Waals surface area contributed by atoms with Gasteiger partial charge in [-0.15, -0.1) is 0 Å². The first kappa shape index (κ1) is 20.9. The minimum Gasteiger partial charge on any atom is -0.311 e. The Balaban J connectivity index is 2.49. The van der Waals surface area contributed by atoms with E-state index in [0.717, 1.165) is 19.3 Å². The van der Waals surface area contributed by atoms with Crippen molar-refractivity contribution in [2.24, 2.45) is 0 Å². The third-order valence-electron chi connectivity index (χ3n) is 4.01. The summed E-state index contributed by atoms with van der Waals surface area (Å²) in [5, 5.41) is 0.985. The Morgan fingerprint density at radius 2 is 1.77 bits per heavy atom. The summed E-state index contributed by atoms with van der Waals surface area (Å²) in [6.45, 7) is 2.65. The van der Waals surface area contributed by atoms with Gasteiger partial charge in [0.1, 0.15) is 0 Å². The molecule has 0 aromatic heterocycles. The standard InChI is InChI=1S/C20H20BrCl2NO2/c1-2-3-6-11-24(19(25)13-21)18-10-9-14(22)12-16(18)20(26)15-7-4-5-8-17(15)23/h4-5,7-10,12H,2-3,6,11,13H2,1H3. The van der Waals surface area contributed by atoms with Crippen molar-refractivity contribution in [3.8, 4) is 0 Å². The van der Waals surface area contributed by atoms with E-state index >= 15 is 0 Å². The second-order valence-electron chi connectivity index (χ2n) is 5.86. The van der Waals surface area contributed by atoms with Crippen LogP contribution in [0.4, 0.5) is 5.69 Å². The van der Waals surface area contributed by atoms with E-state index in [1.807, 2.05) is 0 Å². The molecule has 0 radical (unpaired) electrons. The van der Waals surface area contributed by atoms with Gasteiger partial charge in [-0.3, -0.25) is 9.59 Å². The summed E-state index contributed by atoms with van der Waals surface area (Å²) in [7, 11) is 0. The monoisotopic (exact) mass is 455 g/mol. The molecular weight excluding hydrogens is 437 g/mol. The molecule has 2 aromatic carbocycles. The maximum atomic E-state index is 13.1. The molecule has 26 heavy (non-hydrogen) atoms. The smallest absolute Gasteiger partial charge is 0.237 e. The van der Waals surface area contributed by atoms with Gasteiger partial charge in [0.2, 0.25) is 5.91 Å². The number of carbonyl (C=O) groups excluding carboxylic acids is 2. The lowest BCUT2D eigenvalue weighted by atomic mass is 10.0.